The maximum absolute atomic E-state index is 14.1. The Morgan fingerprint density at radius 1 is 1.29 bits per heavy atom. The molecule has 0 spiro atoms. The number of carbonyl (C=O) groups is 1. The zero-order valence-corrected chi connectivity index (χ0v) is 15.3. The molecule has 1 aliphatic heterocycles. The number of carbonyl (C=O) groups excluding carboxylic acids is 1. The van der Waals surface area contributed by atoms with E-state index in [1.165, 1.54) is 13.0 Å². The van der Waals surface area contributed by atoms with Crippen LogP contribution >= 0.6 is 11.6 Å². The van der Waals surface area contributed by atoms with Crippen molar-refractivity contribution in [1.82, 2.24) is 5.32 Å². The van der Waals surface area contributed by atoms with Crippen LogP contribution in [0, 0.1) is 5.82 Å². The van der Waals surface area contributed by atoms with Gasteiger partial charge in [0.05, 0.1) is 11.2 Å². The standard InChI is InChI=1S/C17H22BClFNO3/c1-11(22)21-10-13(8-12-6-7-14(19)9-15(12)20)18-23-16(2,3)17(4,5)24-18/h6-9H,10H2,1-5H3,(H,21,22). The van der Waals surface area contributed by atoms with Crippen LogP contribution in [-0.4, -0.2) is 30.8 Å². The van der Waals surface area contributed by atoms with E-state index >= 15 is 0 Å². The Balaban J connectivity index is 2.35. The molecule has 1 amide bonds. The van der Waals surface area contributed by atoms with Crippen LogP contribution in [0.4, 0.5) is 4.39 Å². The average Bonchev–Trinajstić information content (AvgIpc) is 2.65. The first-order valence-corrected chi connectivity index (χ1v) is 8.15. The fraction of sp³-hybridized carbons (Fsp3) is 0.471. The Bertz CT molecular complexity index is 660. The molecule has 0 atom stereocenters. The smallest absolute Gasteiger partial charge is 0.400 e. The number of hydrogen-bond acceptors (Lipinski definition) is 3. The number of benzene rings is 1. The van der Waals surface area contributed by atoms with Gasteiger partial charge in [-0.3, -0.25) is 4.79 Å². The molecule has 1 heterocycles. The van der Waals surface area contributed by atoms with Gasteiger partial charge in [0.15, 0.2) is 0 Å². The lowest BCUT2D eigenvalue weighted by atomic mass is 9.77. The molecular formula is C17H22BClFNO3. The normalized spacial score (nSPS) is 19.5. The highest BCUT2D eigenvalue weighted by molar-refractivity contribution is 6.56. The Kier molecular flexibility index (Phi) is 5.42. The van der Waals surface area contributed by atoms with Crippen molar-refractivity contribution >= 4 is 30.7 Å². The molecule has 0 bridgehead atoms. The molecule has 0 saturated carbocycles. The van der Waals surface area contributed by atoms with Gasteiger partial charge in [-0.15, -0.1) is 0 Å². The zero-order chi connectivity index (χ0) is 18.1. The fourth-order valence-corrected chi connectivity index (χ4v) is 2.40. The van der Waals surface area contributed by atoms with Gasteiger partial charge >= 0.3 is 7.12 Å². The minimum atomic E-state index is -0.670. The summed E-state index contributed by atoms with van der Waals surface area (Å²) in [7, 11) is -0.670. The van der Waals surface area contributed by atoms with Crippen molar-refractivity contribution in [3.63, 3.8) is 0 Å². The lowest BCUT2D eigenvalue weighted by molar-refractivity contribution is -0.118. The van der Waals surface area contributed by atoms with Crippen molar-refractivity contribution in [1.29, 1.82) is 0 Å². The van der Waals surface area contributed by atoms with Crippen LogP contribution in [0.1, 0.15) is 40.2 Å². The van der Waals surface area contributed by atoms with Crippen molar-refractivity contribution in [2.24, 2.45) is 0 Å². The highest BCUT2D eigenvalue weighted by Crippen LogP contribution is 2.38. The average molecular weight is 354 g/mol. The zero-order valence-electron chi connectivity index (χ0n) is 14.6. The first-order chi connectivity index (χ1) is 11.0. The van der Waals surface area contributed by atoms with Crippen LogP contribution in [0.3, 0.4) is 0 Å². The molecule has 4 nitrogen and oxygen atoms in total. The van der Waals surface area contributed by atoms with Gasteiger partial charge in [0.2, 0.25) is 5.91 Å². The van der Waals surface area contributed by atoms with Crippen LogP contribution in [0.15, 0.2) is 23.7 Å². The van der Waals surface area contributed by atoms with Crippen molar-refractivity contribution in [3.8, 4) is 0 Å². The number of amides is 1. The van der Waals surface area contributed by atoms with E-state index < -0.39 is 24.1 Å². The van der Waals surface area contributed by atoms with E-state index in [0.717, 1.165) is 0 Å². The second-order valence-electron chi connectivity index (χ2n) is 6.88. The second kappa shape index (κ2) is 6.86. The van der Waals surface area contributed by atoms with Crippen molar-refractivity contribution in [2.75, 3.05) is 6.54 Å². The monoisotopic (exact) mass is 353 g/mol. The molecule has 0 aromatic heterocycles. The molecule has 0 unspecified atom stereocenters. The van der Waals surface area contributed by atoms with E-state index in [1.807, 2.05) is 27.7 Å². The Morgan fingerprint density at radius 2 is 1.88 bits per heavy atom. The predicted octanol–water partition coefficient (Wildman–Crippen LogP) is 3.63. The van der Waals surface area contributed by atoms with Gasteiger partial charge < -0.3 is 14.6 Å². The summed E-state index contributed by atoms with van der Waals surface area (Å²) in [6.07, 6.45) is 1.63. The highest BCUT2D eigenvalue weighted by Gasteiger charge is 2.52. The summed E-state index contributed by atoms with van der Waals surface area (Å²) in [6, 6.07) is 4.43. The van der Waals surface area contributed by atoms with Crippen molar-refractivity contribution in [2.45, 2.75) is 45.8 Å². The molecule has 1 aliphatic rings. The highest BCUT2D eigenvalue weighted by atomic mass is 35.5. The molecule has 1 aromatic rings. The van der Waals surface area contributed by atoms with Crippen molar-refractivity contribution in [3.05, 3.63) is 40.1 Å². The predicted molar refractivity (Wildman–Crippen MR) is 94.2 cm³/mol. The summed E-state index contributed by atoms with van der Waals surface area (Å²) < 4.78 is 26.1. The molecule has 7 heteroatoms. The molecule has 1 N–H and O–H groups in total. The molecule has 0 aliphatic carbocycles. The number of halogens is 2. The molecule has 1 aromatic carbocycles. The molecule has 1 saturated heterocycles. The maximum atomic E-state index is 14.1. The third kappa shape index (κ3) is 4.18. The Labute approximate surface area is 147 Å². The lowest BCUT2D eigenvalue weighted by Gasteiger charge is -2.32. The van der Waals surface area contributed by atoms with E-state index in [0.29, 0.717) is 16.1 Å². The van der Waals surface area contributed by atoms with Crippen LogP contribution < -0.4 is 5.32 Å². The SMILES string of the molecule is CC(=O)NCC(=Cc1ccc(Cl)cc1F)B1OC(C)(C)C(C)(C)O1. The van der Waals surface area contributed by atoms with E-state index in [1.54, 1.807) is 18.2 Å². The second-order valence-corrected chi connectivity index (χ2v) is 7.32. The van der Waals surface area contributed by atoms with Gasteiger partial charge in [-0.1, -0.05) is 23.7 Å². The lowest BCUT2D eigenvalue weighted by Crippen LogP contribution is -2.41. The van der Waals surface area contributed by atoms with Gasteiger partial charge in [-0.25, -0.2) is 4.39 Å². The van der Waals surface area contributed by atoms with E-state index in [9.17, 15) is 9.18 Å². The molecular weight excluding hydrogens is 331 g/mol. The first-order valence-electron chi connectivity index (χ1n) is 7.77. The number of hydrogen-bond donors (Lipinski definition) is 1. The van der Waals surface area contributed by atoms with Gasteiger partial charge in [-0.2, -0.15) is 0 Å². The maximum Gasteiger partial charge on any atom is 0.492 e. The van der Waals surface area contributed by atoms with Gasteiger partial charge in [0, 0.05) is 24.1 Å². The van der Waals surface area contributed by atoms with E-state index in [4.69, 9.17) is 20.9 Å². The van der Waals surface area contributed by atoms with Crippen LogP contribution in [0.2, 0.25) is 5.02 Å². The van der Waals surface area contributed by atoms with Crippen LogP contribution in [0.5, 0.6) is 0 Å². The third-order valence-electron chi connectivity index (χ3n) is 4.40. The fourth-order valence-electron chi connectivity index (χ4n) is 2.24. The van der Waals surface area contributed by atoms with Crippen molar-refractivity contribution < 1.29 is 18.5 Å². The molecule has 130 valence electrons. The summed E-state index contributed by atoms with van der Waals surface area (Å²) in [6.45, 7) is 9.37. The molecule has 2 rings (SSSR count). The summed E-state index contributed by atoms with van der Waals surface area (Å²) in [5, 5.41) is 3.04. The first kappa shape index (κ1) is 19.0. The van der Waals surface area contributed by atoms with Gasteiger partial charge in [-0.05, 0) is 45.3 Å². The molecule has 1 fully saturated rings. The van der Waals surface area contributed by atoms with Gasteiger partial charge in [0.25, 0.3) is 0 Å². The number of nitrogens with one attached hydrogen (secondary N) is 1. The Hall–Kier alpha value is -1.37. The summed E-state index contributed by atoms with van der Waals surface area (Å²) in [4.78, 5) is 11.3. The summed E-state index contributed by atoms with van der Waals surface area (Å²) in [5.74, 6) is -0.631. The number of rotatable bonds is 4. The van der Waals surface area contributed by atoms with Gasteiger partial charge in [0.1, 0.15) is 5.82 Å². The Morgan fingerprint density at radius 3 is 2.38 bits per heavy atom. The minimum absolute atomic E-state index is 0.186. The van der Waals surface area contributed by atoms with Crippen LogP contribution in [0.25, 0.3) is 6.08 Å². The third-order valence-corrected chi connectivity index (χ3v) is 4.64. The quantitative estimate of drug-likeness (QED) is 0.841. The largest absolute Gasteiger partial charge is 0.492 e. The van der Waals surface area contributed by atoms with E-state index in [2.05, 4.69) is 5.32 Å². The summed E-state index contributed by atoms with van der Waals surface area (Å²) in [5.41, 5.74) is -0.0589. The topological polar surface area (TPSA) is 47.6 Å². The van der Waals surface area contributed by atoms with Crippen LogP contribution in [-0.2, 0) is 14.1 Å². The van der Waals surface area contributed by atoms with E-state index in [-0.39, 0.29) is 12.5 Å². The summed E-state index contributed by atoms with van der Waals surface area (Å²) >= 11 is 5.79. The molecule has 0 radical (unpaired) electrons. The minimum Gasteiger partial charge on any atom is -0.400 e. The molecule has 24 heavy (non-hydrogen) atoms.